The highest BCUT2D eigenvalue weighted by molar-refractivity contribution is 6.27. The van der Waals surface area contributed by atoms with Crippen molar-refractivity contribution in [1.29, 1.82) is 0 Å². The molecule has 0 spiro atoms. The number of nitrogens with one attached hydrogen (secondary N) is 1. The number of aromatic nitrogens is 2. The summed E-state index contributed by atoms with van der Waals surface area (Å²) < 4.78 is 1.88. The van der Waals surface area contributed by atoms with Crippen LogP contribution in [0.4, 0.5) is 0 Å². The zero-order valence-corrected chi connectivity index (χ0v) is 10.8. The molecule has 1 amide bonds. The van der Waals surface area contributed by atoms with Gasteiger partial charge in [0.05, 0.1) is 0 Å². The maximum atomic E-state index is 11.5. The summed E-state index contributed by atoms with van der Waals surface area (Å²) in [6.07, 6.45) is 3.55. The third kappa shape index (κ3) is 2.71. The first-order chi connectivity index (χ1) is 8.72. The Labute approximate surface area is 111 Å². The molecule has 4 nitrogen and oxygen atoms in total. The molecular formula is C13H14ClN3O. The van der Waals surface area contributed by atoms with Crippen LogP contribution in [0.1, 0.15) is 17.4 Å². The van der Waals surface area contributed by atoms with E-state index in [2.05, 4.69) is 10.3 Å². The normalized spacial score (nSPS) is 12.1. The average Bonchev–Trinajstić information content (AvgIpc) is 2.83. The lowest BCUT2D eigenvalue weighted by Crippen LogP contribution is -2.31. The fourth-order valence-electron chi connectivity index (χ4n) is 1.80. The molecule has 0 bridgehead atoms. The molecule has 5 heteroatoms. The van der Waals surface area contributed by atoms with E-state index >= 15 is 0 Å². The molecule has 2 aromatic rings. The topological polar surface area (TPSA) is 46.9 Å². The number of halogens is 1. The molecule has 0 saturated carbocycles. The largest absolute Gasteiger partial charge is 0.341 e. The minimum Gasteiger partial charge on any atom is -0.341 e. The fourth-order valence-corrected chi connectivity index (χ4v) is 1.87. The highest BCUT2D eigenvalue weighted by Gasteiger charge is 2.19. The number of rotatable bonds is 4. The molecule has 1 aromatic carbocycles. The Morgan fingerprint density at radius 2 is 2.17 bits per heavy atom. The Balaban J connectivity index is 2.35. The third-order valence-corrected chi connectivity index (χ3v) is 2.92. The molecular weight excluding hydrogens is 250 g/mol. The number of carbonyl (C=O) groups excluding carboxylic acids is 1. The van der Waals surface area contributed by atoms with E-state index in [1.165, 1.54) is 0 Å². The monoisotopic (exact) mass is 263 g/mol. The average molecular weight is 264 g/mol. The van der Waals surface area contributed by atoms with Gasteiger partial charge in [0.1, 0.15) is 17.7 Å². The van der Waals surface area contributed by atoms with Gasteiger partial charge in [-0.1, -0.05) is 30.3 Å². The summed E-state index contributed by atoms with van der Waals surface area (Å²) >= 11 is 5.55. The molecule has 1 N–H and O–H groups in total. The minimum absolute atomic E-state index is 0.0617. The predicted molar refractivity (Wildman–Crippen MR) is 70.4 cm³/mol. The number of nitrogens with zero attached hydrogens (tertiary/aromatic N) is 2. The van der Waals surface area contributed by atoms with Crippen molar-refractivity contribution in [1.82, 2.24) is 14.9 Å². The van der Waals surface area contributed by atoms with Gasteiger partial charge in [-0.3, -0.25) is 4.79 Å². The van der Waals surface area contributed by atoms with E-state index in [1.54, 1.807) is 6.20 Å². The number of hydrogen-bond donors (Lipinski definition) is 1. The van der Waals surface area contributed by atoms with E-state index in [9.17, 15) is 4.79 Å². The summed E-state index contributed by atoms with van der Waals surface area (Å²) in [6.45, 7) is 0. The van der Waals surface area contributed by atoms with Gasteiger partial charge in [0.15, 0.2) is 0 Å². The minimum atomic E-state index is -0.280. The molecule has 1 aromatic heterocycles. The lowest BCUT2D eigenvalue weighted by atomic mass is 10.1. The summed E-state index contributed by atoms with van der Waals surface area (Å²) in [5.74, 6) is 0.501. The van der Waals surface area contributed by atoms with E-state index in [4.69, 9.17) is 11.6 Å². The standard InChI is InChI=1S/C13H14ClN3O/c1-17-8-7-15-13(17)12(16-11(18)9-14)10-5-3-2-4-6-10/h2-8,12H,9H2,1H3,(H,16,18)/t12-/m0/s1. The van der Waals surface area contributed by atoms with Crippen molar-refractivity contribution in [2.75, 3.05) is 5.88 Å². The van der Waals surface area contributed by atoms with Crippen LogP contribution in [-0.4, -0.2) is 21.3 Å². The number of amides is 1. The lowest BCUT2D eigenvalue weighted by molar-refractivity contribution is -0.119. The summed E-state index contributed by atoms with van der Waals surface area (Å²) in [6, 6.07) is 9.41. The van der Waals surface area contributed by atoms with Gasteiger partial charge in [0, 0.05) is 19.4 Å². The molecule has 0 unspecified atom stereocenters. The van der Waals surface area contributed by atoms with Gasteiger partial charge in [-0.2, -0.15) is 0 Å². The quantitative estimate of drug-likeness (QED) is 0.856. The maximum Gasteiger partial charge on any atom is 0.235 e. The maximum absolute atomic E-state index is 11.5. The van der Waals surface area contributed by atoms with Crippen molar-refractivity contribution >= 4 is 17.5 Å². The highest BCUT2D eigenvalue weighted by atomic mass is 35.5. The number of imidazole rings is 1. The molecule has 94 valence electrons. The van der Waals surface area contributed by atoms with Crippen molar-refractivity contribution in [3.8, 4) is 0 Å². The predicted octanol–water partition coefficient (Wildman–Crippen LogP) is 1.86. The van der Waals surface area contributed by atoms with Crippen LogP contribution >= 0.6 is 11.6 Å². The molecule has 0 radical (unpaired) electrons. The van der Waals surface area contributed by atoms with E-state index in [-0.39, 0.29) is 17.8 Å². The number of alkyl halides is 1. The first-order valence-corrected chi connectivity index (χ1v) is 6.13. The van der Waals surface area contributed by atoms with Crippen LogP contribution in [0.15, 0.2) is 42.7 Å². The summed E-state index contributed by atoms with van der Waals surface area (Å²) in [4.78, 5) is 15.8. The van der Waals surface area contributed by atoms with Crippen molar-refractivity contribution in [2.24, 2.45) is 7.05 Å². The number of hydrogen-bond acceptors (Lipinski definition) is 2. The third-order valence-electron chi connectivity index (χ3n) is 2.68. The molecule has 18 heavy (non-hydrogen) atoms. The number of carbonyl (C=O) groups is 1. The second kappa shape index (κ2) is 5.69. The van der Waals surface area contributed by atoms with Crippen molar-refractivity contribution in [3.05, 3.63) is 54.1 Å². The van der Waals surface area contributed by atoms with Gasteiger partial charge in [-0.25, -0.2) is 4.98 Å². The highest BCUT2D eigenvalue weighted by Crippen LogP contribution is 2.19. The second-order valence-corrected chi connectivity index (χ2v) is 4.21. The summed E-state index contributed by atoms with van der Waals surface area (Å²) in [5.41, 5.74) is 0.977. The van der Waals surface area contributed by atoms with Gasteiger partial charge in [0.25, 0.3) is 0 Å². The molecule has 0 fully saturated rings. The molecule has 0 saturated heterocycles. The smallest absolute Gasteiger partial charge is 0.235 e. The van der Waals surface area contributed by atoms with Gasteiger partial charge >= 0.3 is 0 Å². The molecule has 2 rings (SSSR count). The second-order valence-electron chi connectivity index (χ2n) is 3.94. The Morgan fingerprint density at radius 1 is 1.44 bits per heavy atom. The van der Waals surface area contributed by atoms with Gasteiger partial charge in [-0.05, 0) is 5.56 Å². The first-order valence-electron chi connectivity index (χ1n) is 5.60. The van der Waals surface area contributed by atoms with Crippen LogP contribution in [-0.2, 0) is 11.8 Å². The van der Waals surface area contributed by atoms with Gasteiger partial charge in [0.2, 0.25) is 5.91 Å². The van der Waals surface area contributed by atoms with E-state index in [0.717, 1.165) is 11.4 Å². The van der Waals surface area contributed by atoms with Crippen molar-refractivity contribution < 1.29 is 4.79 Å². The van der Waals surface area contributed by atoms with Crippen molar-refractivity contribution in [2.45, 2.75) is 6.04 Å². The van der Waals surface area contributed by atoms with Crippen LogP contribution in [0.2, 0.25) is 0 Å². The number of benzene rings is 1. The van der Waals surface area contributed by atoms with Gasteiger partial charge in [-0.15, -0.1) is 11.6 Å². The first kappa shape index (κ1) is 12.6. The summed E-state index contributed by atoms with van der Waals surface area (Å²) in [5, 5.41) is 2.87. The van der Waals surface area contributed by atoms with E-state index < -0.39 is 0 Å². The van der Waals surface area contributed by atoms with Crippen LogP contribution in [0.5, 0.6) is 0 Å². The van der Waals surface area contributed by atoms with Crippen LogP contribution < -0.4 is 5.32 Å². The Morgan fingerprint density at radius 3 is 2.72 bits per heavy atom. The van der Waals surface area contributed by atoms with Crippen LogP contribution in [0.25, 0.3) is 0 Å². The molecule has 0 aliphatic heterocycles. The van der Waals surface area contributed by atoms with Crippen LogP contribution in [0, 0.1) is 0 Å². The molecule has 1 atom stereocenters. The molecule has 0 aliphatic carbocycles. The Kier molecular flexibility index (Phi) is 3.99. The zero-order valence-electron chi connectivity index (χ0n) is 10.0. The Bertz CT molecular complexity index is 524. The lowest BCUT2D eigenvalue weighted by Gasteiger charge is -2.18. The Hall–Kier alpha value is -1.81. The fraction of sp³-hybridized carbons (Fsp3) is 0.231. The van der Waals surface area contributed by atoms with Crippen molar-refractivity contribution in [3.63, 3.8) is 0 Å². The van der Waals surface area contributed by atoms with Gasteiger partial charge < -0.3 is 9.88 Å². The molecule has 1 heterocycles. The van der Waals surface area contributed by atoms with Crippen LogP contribution in [0.3, 0.4) is 0 Å². The van der Waals surface area contributed by atoms with E-state index in [0.29, 0.717) is 0 Å². The SMILES string of the molecule is Cn1ccnc1[C@@H](NC(=O)CCl)c1ccccc1. The number of aryl methyl sites for hydroxylation is 1. The zero-order chi connectivity index (χ0) is 13.0. The van der Waals surface area contributed by atoms with E-state index in [1.807, 2.05) is 48.1 Å². The molecule has 0 aliphatic rings. The summed E-state index contributed by atoms with van der Waals surface area (Å²) in [7, 11) is 1.89.